The number of nitrogens with zero attached hydrogens (tertiary/aromatic N) is 2. The minimum absolute atomic E-state index is 0.143. The number of benzene rings is 1. The number of hydrogen-bond donors (Lipinski definition) is 1. The van der Waals surface area contributed by atoms with E-state index in [1.54, 1.807) is 25.3 Å². The van der Waals surface area contributed by atoms with Crippen molar-refractivity contribution in [2.45, 2.75) is 19.5 Å². The molecular formula is C16H17N3O4S. The van der Waals surface area contributed by atoms with E-state index in [2.05, 4.69) is 5.32 Å². The molecule has 0 radical (unpaired) electrons. The van der Waals surface area contributed by atoms with Crippen molar-refractivity contribution in [2.75, 3.05) is 7.05 Å². The quantitative estimate of drug-likeness (QED) is 0.641. The molecule has 0 saturated heterocycles. The molecule has 7 nitrogen and oxygen atoms in total. The molecule has 1 aromatic carbocycles. The van der Waals surface area contributed by atoms with Gasteiger partial charge in [-0.15, -0.1) is 11.3 Å². The number of amides is 2. The van der Waals surface area contributed by atoms with Crippen LogP contribution < -0.4 is 5.32 Å². The number of hydrogen-bond acceptors (Lipinski definition) is 5. The van der Waals surface area contributed by atoms with Gasteiger partial charge >= 0.3 is 0 Å². The molecule has 0 spiro atoms. The molecule has 1 heterocycles. The maximum atomic E-state index is 12.3. The molecule has 0 aliphatic carbocycles. The molecule has 1 unspecified atom stereocenters. The highest BCUT2D eigenvalue weighted by Gasteiger charge is 2.21. The van der Waals surface area contributed by atoms with Gasteiger partial charge in [-0.1, -0.05) is 12.1 Å². The summed E-state index contributed by atoms with van der Waals surface area (Å²) in [7, 11) is 1.66. The standard InChI is InChI=1S/C16H17N3O4S/c1-11(16(21)18(2)10-14-7-4-8-24-14)17-15(20)12-5-3-6-13(9-12)19(22)23/h3-9,11H,10H2,1-2H3,(H,17,20). The largest absolute Gasteiger partial charge is 0.341 e. The molecular weight excluding hydrogens is 330 g/mol. The van der Waals surface area contributed by atoms with Crippen LogP contribution in [-0.2, 0) is 11.3 Å². The Balaban J connectivity index is 1.98. The third-order valence-corrected chi connectivity index (χ3v) is 4.25. The molecule has 0 bridgehead atoms. The Hall–Kier alpha value is -2.74. The van der Waals surface area contributed by atoms with Gasteiger partial charge < -0.3 is 10.2 Å². The highest BCUT2D eigenvalue weighted by molar-refractivity contribution is 7.09. The summed E-state index contributed by atoms with van der Waals surface area (Å²) in [5.41, 5.74) is -0.0267. The first-order chi connectivity index (χ1) is 11.4. The van der Waals surface area contributed by atoms with Crippen molar-refractivity contribution < 1.29 is 14.5 Å². The van der Waals surface area contributed by atoms with Crippen LogP contribution in [0.15, 0.2) is 41.8 Å². The van der Waals surface area contributed by atoms with Crippen molar-refractivity contribution in [3.8, 4) is 0 Å². The maximum Gasteiger partial charge on any atom is 0.270 e. The number of rotatable bonds is 6. The van der Waals surface area contributed by atoms with E-state index < -0.39 is 16.9 Å². The van der Waals surface area contributed by atoms with Crippen LogP contribution in [-0.4, -0.2) is 34.7 Å². The van der Waals surface area contributed by atoms with E-state index >= 15 is 0 Å². The summed E-state index contributed by atoms with van der Waals surface area (Å²) in [4.78, 5) is 37.3. The SMILES string of the molecule is CC(NC(=O)c1cccc([N+](=O)[O-])c1)C(=O)N(C)Cc1cccs1. The van der Waals surface area contributed by atoms with Crippen LogP contribution in [0.2, 0.25) is 0 Å². The van der Waals surface area contributed by atoms with Crippen molar-refractivity contribution in [1.29, 1.82) is 0 Å². The minimum Gasteiger partial charge on any atom is -0.341 e. The van der Waals surface area contributed by atoms with Crippen LogP contribution in [0.4, 0.5) is 5.69 Å². The third kappa shape index (κ3) is 4.39. The number of nitro groups is 1. The van der Waals surface area contributed by atoms with E-state index in [1.165, 1.54) is 29.2 Å². The third-order valence-electron chi connectivity index (χ3n) is 3.39. The zero-order valence-electron chi connectivity index (χ0n) is 13.3. The Morgan fingerprint density at radius 3 is 2.71 bits per heavy atom. The number of nitro benzene ring substituents is 1. The molecule has 2 amide bonds. The fraction of sp³-hybridized carbons (Fsp3) is 0.250. The van der Waals surface area contributed by atoms with Crippen molar-refractivity contribution >= 4 is 28.8 Å². The number of nitrogens with one attached hydrogen (secondary N) is 1. The predicted octanol–water partition coefficient (Wildman–Crippen LogP) is 2.43. The van der Waals surface area contributed by atoms with Crippen molar-refractivity contribution in [3.05, 3.63) is 62.3 Å². The summed E-state index contributed by atoms with van der Waals surface area (Å²) in [5, 5.41) is 15.3. The van der Waals surface area contributed by atoms with E-state index in [0.29, 0.717) is 6.54 Å². The molecule has 2 aromatic rings. The van der Waals surface area contributed by atoms with Gasteiger partial charge in [0.15, 0.2) is 0 Å². The number of thiophene rings is 1. The minimum atomic E-state index is -0.735. The maximum absolute atomic E-state index is 12.3. The van der Waals surface area contributed by atoms with Crippen molar-refractivity contribution in [2.24, 2.45) is 0 Å². The number of carbonyl (C=O) groups is 2. The molecule has 0 fully saturated rings. The second-order valence-corrected chi connectivity index (χ2v) is 6.31. The van der Waals surface area contributed by atoms with Gasteiger partial charge in [0.1, 0.15) is 6.04 Å². The predicted molar refractivity (Wildman–Crippen MR) is 90.8 cm³/mol. The zero-order valence-corrected chi connectivity index (χ0v) is 14.1. The van der Waals surface area contributed by atoms with Crippen LogP contribution in [0, 0.1) is 10.1 Å². The van der Waals surface area contributed by atoms with E-state index in [0.717, 1.165) is 4.88 Å². The van der Waals surface area contributed by atoms with Gasteiger partial charge in [0.05, 0.1) is 11.5 Å². The Labute approximate surface area is 143 Å². The van der Waals surface area contributed by atoms with Gasteiger partial charge in [-0.2, -0.15) is 0 Å². The Morgan fingerprint density at radius 1 is 1.33 bits per heavy atom. The lowest BCUT2D eigenvalue weighted by Gasteiger charge is -2.21. The number of non-ortho nitro benzene ring substituents is 1. The topological polar surface area (TPSA) is 92.5 Å². The summed E-state index contributed by atoms with van der Waals surface area (Å²) in [6, 6.07) is 8.49. The van der Waals surface area contributed by atoms with Crippen LogP contribution in [0.5, 0.6) is 0 Å². The van der Waals surface area contributed by atoms with Gasteiger partial charge in [0, 0.05) is 29.6 Å². The lowest BCUT2D eigenvalue weighted by molar-refractivity contribution is -0.384. The number of likely N-dealkylation sites (N-methyl/N-ethyl adjacent to an activating group) is 1. The van der Waals surface area contributed by atoms with Crippen molar-refractivity contribution in [3.63, 3.8) is 0 Å². The van der Waals surface area contributed by atoms with Gasteiger partial charge in [-0.3, -0.25) is 19.7 Å². The van der Waals surface area contributed by atoms with E-state index in [-0.39, 0.29) is 17.2 Å². The molecule has 126 valence electrons. The monoisotopic (exact) mass is 347 g/mol. The lowest BCUT2D eigenvalue weighted by Crippen LogP contribution is -2.45. The summed E-state index contributed by atoms with van der Waals surface area (Å²) in [5.74, 6) is -0.758. The Bertz CT molecular complexity index is 746. The van der Waals surface area contributed by atoms with Crippen LogP contribution in [0.1, 0.15) is 22.2 Å². The fourth-order valence-electron chi connectivity index (χ4n) is 2.15. The molecule has 8 heteroatoms. The smallest absolute Gasteiger partial charge is 0.270 e. The first-order valence-electron chi connectivity index (χ1n) is 7.21. The molecule has 1 atom stereocenters. The molecule has 0 aliphatic rings. The summed E-state index contributed by atoms with van der Waals surface area (Å²) in [6.45, 7) is 2.05. The van der Waals surface area contributed by atoms with E-state index in [1.807, 2.05) is 17.5 Å². The second kappa shape index (κ2) is 7.69. The zero-order chi connectivity index (χ0) is 17.7. The van der Waals surface area contributed by atoms with Gasteiger partial charge in [-0.25, -0.2) is 0 Å². The van der Waals surface area contributed by atoms with Crippen LogP contribution in [0.25, 0.3) is 0 Å². The molecule has 1 N–H and O–H groups in total. The van der Waals surface area contributed by atoms with Crippen molar-refractivity contribution in [1.82, 2.24) is 10.2 Å². The summed E-state index contributed by atoms with van der Waals surface area (Å²) >= 11 is 1.55. The van der Waals surface area contributed by atoms with E-state index in [9.17, 15) is 19.7 Å². The Kier molecular flexibility index (Phi) is 5.64. The normalized spacial score (nSPS) is 11.6. The highest BCUT2D eigenvalue weighted by Crippen LogP contribution is 2.14. The molecule has 0 aliphatic heterocycles. The highest BCUT2D eigenvalue weighted by atomic mass is 32.1. The first kappa shape index (κ1) is 17.6. The molecule has 0 saturated carbocycles. The molecule has 24 heavy (non-hydrogen) atoms. The summed E-state index contributed by atoms with van der Waals surface area (Å²) < 4.78 is 0. The fourth-order valence-corrected chi connectivity index (χ4v) is 2.90. The Morgan fingerprint density at radius 2 is 2.08 bits per heavy atom. The van der Waals surface area contributed by atoms with Crippen LogP contribution >= 0.6 is 11.3 Å². The lowest BCUT2D eigenvalue weighted by atomic mass is 10.1. The van der Waals surface area contributed by atoms with Gasteiger partial charge in [0.2, 0.25) is 5.91 Å². The van der Waals surface area contributed by atoms with Gasteiger partial charge in [-0.05, 0) is 24.4 Å². The molecule has 2 rings (SSSR count). The first-order valence-corrected chi connectivity index (χ1v) is 8.09. The average Bonchev–Trinajstić information content (AvgIpc) is 3.06. The van der Waals surface area contributed by atoms with E-state index in [4.69, 9.17) is 0 Å². The molecule has 1 aromatic heterocycles. The number of carbonyl (C=O) groups excluding carboxylic acids is 2. The second-order valence-electron chi connectivity index (χ2n) is 5.28. The summed E-state index contributed by atoms with van der Waals surface area (Å²) in [6.07, 6.45) is 0. The average molecular weight is 347 g/mol. The van der Waals surface area contributed by atoms with Gasteiger partial charge in [0.25, 0.3) is 11.6 Å². The van der Waals surface area contributed by atoms with Crippen LogP contribution in [0.3, 0.4) is 0 Å².